The number of alkyl halides is 3. The summed E-state index contributed by atoms with van der Waals surface area (Å²) in [5.41, 5.74) is 0.903. The standard InChI is InChI=1S/C29H27F4N5O2/c1-19(2)17-37(28(40)34-23-10-6-9-21(15-23)29(31,32)33)18-27(39)35-26-16-25(20-7-4-3-5-8-20)36-38(26)24-13-11-22(30)12-14-24/h3-16,19H,17-18H2,1-2H3,(H,34,40)(H,35,39). The molecule has 0 fully saturated rings. The van der Waals surface area contributed by atoms with Crippen molar-refractivity contribution in [1.82, 2.24) is 14.7 Å². The number of benzene rings is 3. The van der Waals surface area contributed by atoms with Gasteiger partial charge in [0.25, 0.3) is 0 Å². The second kappa shape index (κ2) is 12.0. The molecule has 3 aromatic carbocycles. The summed E-state index contributed by atoms with van der Waals surface area (Å²) in [4.78, 5) is 27.4. The summed E-state index contributed by atoms with van der Waals surface area (Å²) in [5.74, 6) is -0.726. The Bertz CT molecular complexity index is 1470. The molecule has 40 heavy (non-hydrogen) atoms. The van der Waals surface area contributed by atoms with Crippen molar-refractivity contribution in [2.45, 2.75) is 20.0 Å². The van der Waals surface area contributed by atoms with Crippen LogP contribution < -0.4 is 10.6 Å². The van der Waals surface area contributed by atoms with Gasteiger partial charge in [-0.25, -0.2) is 13.9 Å². The minimum atomic E-state index is -4.57. The summed E-state index contributed by atoms with van der Waals surface area (Å²) in [5, 5.41) is 9.79. The van der Waals surface area contributed by atoms with Crippen molar-refractivity contribution in [3.05, 3.63) is 96.3 Å². The van der Waals surface area contributed by atoms with Crippen LogP contribution in [0.15, 0.2) is 84.9 Å². The zero-order valence-corrected chi connectivity index (χ0v) is 21.7. The topological polar surface area (TPSA) is 79.3 Å². The third-order valence-corrected chi connectivity index (χ3v) is 5.77. The Morgan fingerprint density at radius 2 is 1.62 bits per heavy atom. The molecule has 0 unspecified atom stereocenters. The Balaban J connectivity index is 1.55. The highest BCUT2D eigenvalue weighted by molar-refractivity contribution is 5.97. The zero-order valence-electron chi connectivity index (χ0n) is 21.7. The van der Waals surface area contributed by atoms with Crippen LogP contribution in [-0.2, 0) is 11.0 Å². The molecule has 11 heteroatoms. The lowest BCUT2D eigenvalue weighted by Gasteiger charge is -2.24. The molecule has 0 atom stereocenters. The van der Waals surface area contributed by atoms with Gasteiger partial charge < -0.3 is 15.5 Å². The molecule has 4 rings (SSSR count). The first-order valence-corrected chi connectivity index (χ1v) is 12.4. The molecule has 0 aliphatic rings. The van der Waals surface area contributed by atoms with Gasteiger partial charge >= 0.3 is 12.2 Å². The average Bonchev–Trinajstić information content (AvgIpc) is 3.32. The molecule has 1 aromatic heterocycles. The van der Waals surface area contributed by atoms with Gasteiger partial charge in [0.2, 0.25) is 5.91 Å². The highest BCUT2D eigenvalue weighted by atomic mass is 19.4. The Hall–Kier alpha value is -4.67. The second-order valence-corrected chi connectivity index (χ2v) is 9.50. The van der Waals surface area contributed by atoms with Crippen molar-refractivity contribution in [2.75, 3.05) is 23.7 Å². The molecule has 3 amide bonds. The van der Waals surface area contributed by atoms with Gasteiger partial charge in [-0.15, -0.1) is 0 Å². The molecule has 4 aromatic rings. The first-order valence-electron chi connectivity index (χ1n) is 12.4. The Morgan fingerprint density at radius 3 is 2.27 bits per heavy atom. The average molecular weight is 554 g/mol. The van der Waals surface area contributed by atoms with Crippen molar-refractivity contribution in [3.63, 3.8) is 0 Å². The highest BCUT2D eigenvalue weighted by Crippen LogP contribution is 2.31. The van der Waals surface area contributed by atoms with Gasteiger partial charge in [-0.2, -0.15) is 18.3 Å². The monoisotopic (exact) mass is 553 g/mol. The predicted molar refractivity (Wildman–Crippen MR) is 144 cm³/mol. The molecule has 2 N–H and O–H groups in total. The van der Waals surface area contributed by atoms with E-state index < -0.39 is 29.5 Å². The van der Waals surface area contributed by atoms with Gasteiger partial charge in [0, 0.05) is 23.9 Å². The smallest absolute Gasteiger partial charge is 0.315 e. The number of urea groups is 1. The van der Waals surface area contributed by atoms with Gasteiger partial charge in [0.15, 0.2) is 0 Å². The normalized spacial score (nSPS) is 11.4. The minimum Gasteiger partial charge on any atom is -0.315 e. The van der Waals surface area contributed by atoms with E-state index in [-0.39, 0.29) is 24.7 Å². The van der Waals surface area contributed by atoms with Crippen LogP contribution in [0.1, 0.15) is 19.4 Å². The maximum atomic E-state index is 13.5. The van der Waals surface area contributed by atoms with Crippen LogP contribution in [0.2, 0.25) is 0 Å². The minimum absolute atomic E-state index is 0.0329. The molecule has 0 radical (unpaired) electrons. The molecule has 7 nitrogen and oxygen atoms in total. The third kappa shape index (κ3) is 7.25. The van der Waals surface area contributed by atoms with Crippen molar-refractivity contribution < 1.29 is 27.2 Å². The van der Waals surface area contributed by atoms with Crippen molar-refractivity contribution in [2.24, 2.45) is 5.92 Å². The van der Waals surface area contributed by atoms with Gasteiger partial charge in [-0.3, -0.25) is 4.79 Å². The van der Waals surface area contributed by atoms with Crippen molar-refractivity contribution in [1.29, 1.82) is 0 Å². The number of rotatable bonds is 8. The largest absolute Gasteiger partial charge is 0.416 e. The van der Waals surface area contributed by atoms with Crippen LogP contribution in [0.5, 0.6) is 0 Å². The number of halogens is 4. The van der Waals surface area contributed by atoms with Gasteiger partial charge in [-0.1, -0.05) is 50.2 Å². The van der Waals surface area contributed by atoms with Gasteiger partial charge in [-0.05, 0) is 48.4 Å². The SMILES string of the molecule is CC(C)CN(CC(=O)Nc1cc(-c2ccccc2)nn1-c1ccc(F)cc1)C(=O)Nc1cccc(C(F)(F)F)c1. The molecule has 208 valence electrons. The number of carbonyl (C=O) groups excluding carboxylic acids is 2. The number of hydrogen-bond acceptors (Lipinski definition) is 3. The van der Waals surface area contributed by atoms with Crippen LogP contribution in [0.25, 0.3) is 16.9 Å². The number of nitrogens with one attached hydrogen (secondary N) is 2. The molecule has 0 bridgehead atoms. The molecule has 0 aliphatic carbocycles. The van der Waals surface area contributed by atoms with Crippen LogP contribution in [-0.4, -0.2) is 39.7 Å². The summed E-state index contributed by atoms with van der Waals surface area (Å²) in [6, 6.07) is 20.0. The lowest BCUT2D eigenvalue weighted by Crippen LogP contribution is -2.42. The van der Waals surface area contributed by atoms with E-state index in [1.165, 1.54) is 46.0 Å². The van der Waals surface area contributed by atoms with E-state index >= 15 is 0 Å². The summed E-state index contributed by atoms with van der Waals surface area (Å²) in [6.07, 6.45) is -4.57. The fourth-order valence-electron chi connectivity index (χ4n) is 3.99. The molecular weight excluding hydrogens is 526 g/mol. The third-order valence-electron chi connectivity index (χ3n) is 5.77. The fourth-order valence-corrected chi connectivity index (χ4v) is 3.99. The number of amides is 3. The van der Waals surface area contributed by atoms with E-state index in [1.807, 2.05) is 44.2 Å². The van der Waals surface area contributed by atoms with E-state index in [9.17, 15) is 27.2 Å². The van der Waals surface area contributed by atoms with Crippen molar-refractivity contribution >= 4 is 23.4 Å². The number of anilines is 2. The Kier molecular flexibility index (Phi) is 8.52. The maximum absolute atomic E-state index is 13.5. The van der Waals surface area contributed by atoms with Crippen LogP contribution >= 0.6 is 0 Å². The van der Waals surface area contributed by atoms with Crippen LogP contribution in [0.4, 0.5) is 33.9 Å². The first kappa shape index (κ1) is 28.3. The Labute approximate surface area is 228 Å². The molecule has 0 saturated carbocycles. The number of carbonyl (C=O) groups is 2. The Morgan fingerprint density at radius 1 is 0.925 bits per heavy atom. The second-order valence-electron chi connectivity index (χ2n) is 9.50. The summed E-state index contributed by atoms with van der Waals surface area (Å²) in [7, 11) is 0. The van der Waals surface area contributed by atoms with E-state index in [0.29, 0.717) is 17.2 Å². The van der Waals surface area contributed by atoms with E-state index in [1.54, 1.807) is 6.07 Å². The molecule has 1 heterocycles. The summed E-state index contributed by atoms with van der Waals surface area (Å²) >= 11 is 0. The first-order chi connectivity index (χ1) is 19.0. The van der Waals surface area contributed by atoms with E-state index in [0.717, 1.165) is 17.7 Å². The van der Waals surface area contributed by atoms with E-state index in [2.05, 4.69) is 15.7 Å². The quantitative estimate of drug-likeness (QED) is 0.235. The zero-order chi connectivity index (χ0) is 28.9. The van der Waals surface area contributed by atoms with E-state index in [4.69, 9.17) is 0 Å². The highest BCUT2D eigenvalue weighted by Gasteiger charge is 2.30. The lowest BCUT2D eigenvalue weighted by atomic mass is 10.1. The van der Waals surface area contributed by atoms with Crippen LogP contribution in [0, 0.1) is 11.7 Å². The predicted octanol–water partition coefficient (Wildman–Crippen LogP) is 6.83. The maximum Gasteiger partial charge on any atom is 0.416 e. The molecular formula is C29H27F4N5O2. The van der Waals surface area contributed by atoms with Gasteiger partial charge in [0.1, 0.15) is 18.2 Å². The summed E-state index contributed by atoms with van der Waals surface area (Å²) < 4.78 is 54.3. The fraction of sp³-hybridized carbons (Fsp3) is 0.207. The molecule has 0 aliphatic heterocycles. The molecule has 0 spiro atoms. The van der Waals surface area contributed by atoms with Crippen LogP contribution in [0.3, 0.4) is 0 Å². The number of hydrogen-bond donors (Lipinski definition) is 2. The molecule has 0 saturated heterocycles. The summed E-state index contributed by atoms with van der Waals surface area (Å²) in [6.45, 7) is 3.49. The number of aromatic nitrogens is 2. The van der Waals surface area contributed by atoms with Crippen molar-refractivity contribution in [3.8, 4) is 16.9 Å². The lowest BCUT2D eigenvalue weighted by molar-refractivity contribution is -0.137. The van der Waals surface area contributed by atoms with Gasteiger partial charge in [0.05, 0.1) is 16.9 Å². The number of nitrogens with zero attached hydrogens (tertiary/aromatic N) is 3.